The van der Waals surface area contributed by atoms with Crippen LogP contribution in [0.4, 0.5) is 5.69 Å². The van der Waals surface area contributed by atoms with Crippen LogP contribution >= 0.6 is 23.4 Å². The quantitative estimate of drug-likeness (QED) is 0.436. The maximum atomic E-state index is 12.4. The Kier molecular flexibility index (Phi) is 7.78. The summed E-state index contributed by atoms with van der Waals surface area (Å²) in [7, 11) is 1.61. The second-order valence-electron chi connectivity index (χ2n) is 6.09. The molecule has 1 N–H and O–H groups in total. The molecule has 5 nitrogen and oxygen atoms in total. The van der Waals surface area contributed by atoms with Gasteiger partial charge in [0.15, 0.2) is 5.75 Å². The Morgan fingerprint density at radius 1 is 1.10 bits per heavy atom. The van der Waals surface area contributed by atoms with Crippen LogP contribution in [0.15, 0.2) is 66.9 Å². The van der Waals surface area contributed by atoms with E-state index < -0.39 is 0 Å². The first-order chi connectivity index (χ1) is 14.1. The number of pyridine rings is 1. The second kappa shape index (κ2) is 10.7. The lowest BCUT2D eigenvalue weighted by molar-refractivity contribution is -0.115. The summed E-state index contributed by atoms with van der Waals surface area (Å²) in [6.45, 7) is 0. The van der Waals surface area contributed by atoms with Gasteiger partial charge in [0.25, 0.3) is 0 Å². The molecule has 0 radical (unpaired) electrons. The maximum Gasteiger partial charge on any atom is 0.225 e. The number of benzene rings is 2. The molecule has 0 aliphatic carbocycles. The number of halogens is 1. The topological polar surface area (TPSA) is 60.5 Å². The molecule has 0 spiro atoms. The lowest BCUT2D eigenvalue weighted by Gasteiger charge is -2.13. The number of nitrogens with one attached hydrogen (secondary N) is 1. The summed E-state index contributed by atoms with van der Waals surface area (Å²) in [4.78, 5) is 16.6. The zero-order chi connectivity index (χ0) is 20.5. The molecular weight excluding hydrogens is 408 g/mol. The summed E-state index contributed by atoms with van der Waals surface area (Å²) in [5, 5.41) is 3.41. The van der Waals surface area contributed by atoms with Crippen LogP contribution in [-0.4, -0.2) is 23.8 Å². The zero-order valence-electron chi connectivity index (χ0n) is 15.9. The first-order valence-electron chi connectivity index (χ1n) is 9.03. The molecule has 29 heavy (non-hydrogen) atoms. The van der Waals surface area contributed by atoms with Crippen molar-refractivity contribution >= 4 is 35.0 Å². The van der Waals surface area contributed by atoms with Crippen molar-refractivity contribution in [3.8, 4) is 17.2 Å². The molecular formula is C22H21ClN2O3S. The third-order valence-electron chi connectivity index (χ3n) is 3.95. The highest BCUT2D eigenvalue weighted by Crippen LogP contribution is 2.33. The van der Waals surface area contributed by atoms with Gasteiger partial charge in [-0.15, -0.1) is 0 Å². The molecule has 1 amide bonds. The van der Waals surface area contributed by atoms with Crippen molar-refractivity contribution in [1.29, 1.82) is 0 Å². The van der Waals surface area contributed by atoms with E-state index in [-0.39, 0.29) is 5.91 Å². The summed E-state index contributed by atoms with van der Waals surface area (Å²) in [6.07, 6.45) is 2.15. The van der Waals surface area contributed by atoms with E-state index in [4.69, 9.17) is 21.1 Å². The number of rotatable bonds is 9. The van der Waals surface area contributed by atoms with Gasteiger partial charge in [-0.2, -0.15) is 11.8 Å². The fourth-order valence-corrected chi connectivity index (χ4v) is 3.52. The molecule has 0 fully saturated rings. The average Bonchev–Trinajstić information content (AvgIpc) is 2.74. The number of hydrogen-bond acceptors (Lipinski definition) is 5. The summed E-state index contributed by atoms with van der Waals surface area (Å²) < 4.78 is 11.1. The lowest BCUT2D eigenvalue weighted by Crippen LogP contribution is -2.13. The van der Waals surface area contributed by atoms with Crippen molar-refractivity contribution in [2.75, 3.05) is 18.2 Å². The number of carbonyl (C=O) groups excluding carboxylic acids is 1. The minimum atomic E-state index is -0.0969. The largest absolute Gasteiger partial charge is 0.497 e. The molecule has 0 saturated heterocycles. The van der Waals surface area contributed by atoms with Gasteiger partial charge in [0, 0.05) is 29.1 Å². The fraction of sp³-hybridized carbons (Fsp3) is 0.182. The predicted molar refractivity (Wildman–Crippen MR) is 118 cm³/mol. The molecule has 0 saturated carbocycles. The highest BCUT2D eigenvalue weighted by Gasteiger charge is 2.10. The number of anilines is 1. The highest BCUT2D eigenvalue weighted by atomic mass is 35.5. The van der Waals surface area contributed by atoms with Crippen LogP contribution < -0.4 is 14.8 Å². The molecule has 7 heteroatoms. The standard InChI is InChI=1S/C22H21ClN2O3S/c1-27-18-6-8-19(9-7-18)28-21-10-5-16(23)14-20(21)25-22(26)11-13-29-15-17-4-2-3-12-24-17/h2-10,12,14H,11,13,15H2,1H3,(H,25,26). The van der Waals surface area contributed by atoms with Crippen LogP contribution in [0.3, 0.4) is 0 Å². The van der Waals surface area contributed by atoms with Crippen molar-refractivity contribution < 1.29 is 14.3 Å². The molecule has 0 aliphatic rings. The molecule has 0 aliphatic heterocycles. The number of aromatic nitrogens is 1. The number of nitrogens with zero attached hydrogens (tertiary/aromatic N) is 1. The van der Waals surface area contributed by atoms with Crippen LogP contribution in [0.1, 0.15) is 12.1 Å². The van der Waals surface area contributed by atoms with Crippen LogP contribution in [-0.2, 0) is 10.5 Å². The van der Waals surface area contributed by atoms with Gasteiger partial charge < -0.3 is 14.8 Å². The van der Waals surface area contributed by atoms with E-state index in [1.54, 1.807) is 55.4 Å². The van der Waals surface area contributed by atoms with Crippen molar-refractivity contribution in [2.45, 2.75) is 12.2 Å². The smallest absolute Gasteiger partial charge is 0.225 e. The number of carbonyl (C=O) groups is 1. The fourth-order valence-electron chi connectivity index (χ4n) is 2.50. The molecule has 3 rings (SSSR count). The van der Waals surface area contributed by atoms with Crippen molar-refractivity contribution in [1.82, 2.24) is 4.98 Å². The average molecular weight is 429 g/mol. The highest BCUT2D eigenvalue weighted by molar-refractivity contribution is 7.98. The van der Waals surface area contributed by atoms with Crippen LogP contribution in [0.25, 0.3) is 0 Å². The van der Waals surface area contributed by atoms with E-state index in [0.29, 0.717) is 34.4 Å². The molecule has 150 valence electrons. The van der Waals surface area contributed by atoms with E-state index >= 15 is 0 Å². The third-order valence-corrected chi connectivity index (χ3v) is 5.18. The van der Waals surface area contributed by atoms with E-state index in [1.807, 2.05) is 30.3 Å². The van der Waals surface area contributed by atoms with Gasteiger partial charge in [0.05, 0.1) is 18.5 Å². The first kappa shape index (κ1) is 21.0. The van der Waals surface area contributed by atoms with Crippen LogP contribution in [0, 0.1) is 0 Å². The summed E-state index contributed by atoms with van der Waals surface area (Å²) >= 11 is 7.77. The van der Waals surface area contributed by atoms with Gasteiger partial charge in [-0.3, -0.25) is 9.78 Å². The van der Waals surface area contributed by atoms with E-state index in [9.17, 15) is 4.79 Å². The number of methoxy groups -OCH3 is 1. The summed E-state index contributed by atoms with van der Waals surface area (Å²) in [6, 6.07) is 18.2. The molecule has 0 unspecified atom stereocenters. The minimum Gasteiger partial charge on any atom is -0.497 e. The Morgan fingerprint density at radius 2 is 1.90 bits per heavy atom. The van der Waals surface area contributed by atoms with E-state index in [0.717, 1.165) is 17.2 Å². The first-order valence-corrected chi connectivity index (χ1v) is 10.6. The Balaban J connectivity index is 1.56. The number of ether oxygens (including phenoxy) is 2. The SMILES string of the molecule is COc1ccc(Oc2ccc(Cl)cc2NC(=O)CCSCc2ccccn2)cc1. The number of thioether (sulfide) groups is 1. The Hall–Kier alpha value is -2.70. The summed E-state index contributed by atoms with van der Waals surface area (Å²) in [5.41, 5.74) is 1.54. The van der Waals surface area contributed by atoms with Gasteiger partial charge >= 0.3 is 0 Å². The monoisotopic (exact) mass is 428 g/mol. The number of amides is 1. The molecule has 2 aromatic carbocycles. The maximum absolute atomic E-state index is 12.4. The van der Waals surface area contributed by atoms with Crippen molar-refractivity contribution in [3.05, 3.63) is 77.6 Å². The van der Waals surface area contributed by atoms with Crippen LogP contribution in [0.5, 0.6) is 17.2 Å². The third kappa shape index (κ3) is 6.69. The minimum absolute atomic E-state index is 0.0969. The molecule has 3 aromatic rings. The van der Waals surface area contributed by atoms with Gasteiger partial charge in [0.1, 0.15) is 11.5 Å². The van der Waals surface area contributed by atoms with Gasteiger partial charge in [-0.05, 0) is 54.6 Å². The molecule has 1 aromatic heterocycles. The molecule has 1 heterocycles. The van der Waals surface area contributed by atoms with Gasteiger partial charge in [-0.25, -0.2) is 0 Å². The van der Waals surface area contributed by atoms with Crippen LogP contribution in [0.2, 0.25) is 5.02 Å². The van der Waals surface area contributed by atoms with Gasteiger partial charge in [-0.1, -0.05) is 17.7 Å². The molecule has 0 bridgehead atoms. The zero-order valence-corrected chi connectivity index (χ0v) is 17.5. The predicted octanol–water partition coefficient (Wildman–Crippen LogP) is 5.80. The Labute approximate surface area is 179 Å². The van der Waals surface area contributed by atoms with Crippen molar-refractivity contribution in [2.24, 2.45) is 0 Å². The normalized spacial score (nSPS) is 10.4. The lowest BCUT2D eigenvalue weighted by atomic mass is 10.2. The summed E-state index contributed by atoms with van der Waals surface area (Å²) in [5.74, 6) is 3.27. The molecule has 0 atom stereocenters. The number of hydrogen-bond donors (Lipinski definition) is 1. The Bertz CT molecular complexity index is 937. The van der Waals surface area contributed by atoms with E-state index in [2.05, 4.69) is 10.3 Å². The van der Waals surface area contributed by atoms with Gasteiger partial charge in [0.2, 0.25) is 5.91 Å². The van der Waals surface area contributed by atoms with Crippen molar-refractivity contribution in [3.63, 3.8) is 0 Å². The van der Waals surface area contributed by atoms with E-state index in [1.165, 1.54) is 0 Å². The second-order valence-corrected chi connectivity index (χ2v) is 7.63. The Morgan fingerprint density at radius 3 is 2.62 bits per heavy atom.